The summed E-state index contributed by atoms with van der Waals surface area (Å²) in [7, 11) is 1.46. The van der Waals surface area contributed by atoms with Crippen molar-refractivity contribution in [3.8, 4) is 62.9 Å². The standard InChI is InChI=1S/C83H91Cl2F3N12O25/c1-7-92-100-80(118)63-46-28-43(102)29-52(104)60(46)45-23-38(13-18-51(45)103)61-76(114)99-65(79(117)97-63)67(107)40-15-20-54(48(85)25-40)121-56-27-41-26-55(120-53-19-14-39(24-47(53)84)66(106)64(98-74(112)49(90-6)21-34(2)3)78(116)94-50(30-58(89)105)75(113)95-62(41)77(115)96-61)70(56)124-81-71(69(109)68(108)57(33-101)122-81)123-59-31-82(5,72(110)35(4)119-59)91-32-36-9-8-10-42(22-36)93-73(111)37-11-16-44(17-12-37)125-83(86,87)88/h8-20,22-29,34-35,49-50,57,59,61-69,71-72,81,90-92,101-104,106-110H,7,21,30-33H2,1-6H3,(H2,89,105)(H,93,111)(H,94,116)(H,95,113)(H,96,115)(H,97,117)(H,98,112)(H,99,114)(H,100,118)/t35-,49+,50-,57+,59-,61+,62+,63+,64+,65-,66+,67+,68+,69-,71+,72+,81-,82-/m0/s1. The van der Waals surface area contributed by atoms with Crippen LogP contribution < -0.4 is 83.4 Å². The van der Waals surface area contributed by atoms with Crippen LogP contribution in [0.4, 0.5) is 18.9 Å². The van der Waals surface area contributed by atoms with Crippen molar-refractivity contribution in [1.29, 1.82) is 0 Å². The highest BCUT2D eigenvalue weighted by atomic mass is 35.5. The van der Waals surface area contributed by atoms with E-state index in [4.69, 9.17) is 57.4 Å². The molecule has 0 radical (unpaired) electrons. The number of primary amides is 1. The Morgan fingerprint density at radius 1 is 0.704 bits per heavy atom. The van der Waals surface area contributed by atoms with Gasteiger partial charge in [-0.15, -0.1) is 13.2 Å². The second kappa shape index (κ2) is 38.8. The number of fused-ring (bicyclic) bond motifs is 15. The third kappa shape index (κ3) is 21.3. The number of ether oxygens (including phenoxy) is 7. The average molecular weight is 1780 g/mol. The van der Waals surface area contributed by atoms with Gasteiger partial charge in [-0.05, 0) is 158 Å². The van der Waals surface area contributed by atoms with E-state index in [9.17, 15) is 78.3 Å². The van der Waals surface area contributed by atoms with Gasteiger partial charge in [0.1, 0.15) is 101 Å². The second-order valence-electron chi connectivity index (χ2n) is 30.9. The Balaban J connectivity index is 1.01. The Kier molecular flexibility index (Phi) is 28.7. The zero-order chi connectivity index (χ0) is 90.5. The minimum atomic E-state index is -4.97. The maximum absolute atomic E-state index is 16.3. The third-order valence-electron chi connectivity index (χ3n) is 21.4. The molecule has 0 aromatic heterocycles. The van der Waals surface area contributed by atoms with Gasteiger partial charge in [0.05, 0.1) is 41.3 Å². The number of carbonyl (C=O) groups is 9. The highest BCUT2D eigenvalue weighted by Crippen LogP contribution is 2.50. The van der Waals surface area contributed by atoms with E-state index in [2.05, 4.69) is 63.4 Å². The lowest BCUT2D eigenvalue weighted by Gasteiger charge is -2.48. The quantitative estimate of drug-likeness (QED) is 0.0457. The molecule has 7 aliphatic heterocycles. The highest BCUT2D eigenvalue weighted by Gasteiger charge is 2.53. The number of amides is 9. The Labute approximate surface area is 720 Å². The fourth-order valence-corrected chi connectivity index (χ4v) is 15.4. The van der Waals surface area contributed by atoms with Gasteiger partial charge in [0.25, 0.3) is 11.8 Å². The summed E-state index contributed by atoms with van der Waals surface area (Å²) in [4.78, 5) is 133. The molecule has 7 aromatic carbocycles. The van der Waals surface area contributed by atoms with Crippen molar-refractivity contribution in [3.05, 3.63) is 176 Å². The van der Waals surface area contributed by atoms with Crippen molar-refractivity contribution < 1.29 is 135 Å². The Bertz CT molecular complexity index is 5260. The lowest BCUT2D eigenvalue weighted by atomic mass is 9.84. The molecule has 22 N–H and O–H groups in total. The molecule has 0 spiro atoms. The van der Waals surface area contributed by atoms with Gasteiger partial charge in [-0.1, -0.05) is 74.3 Å². The summed E-state index contributed by atoms with van der Waals surface area (Å²) >= 11 is 14.4. The molecule has 7 aliphatic rings. The van der Waals surface area contributed by atoms with Crippen LogP contribution in [0.25, 0.3) is 11.1 Å². The molecule has 0 saturated carbocycles. The molecule has 18 atom stereocenters. The van der Waals surface area contributed by atoms with Gasteiger partial charge >= 0.3 is 6.36 Å². The summed E-state index contributed by atoms with van der Waals surface area (Å²) in [6, 6.07) is 10.3. The third-order valence-corrected chi connectivity index (χ3v) is 22.0. The molecule has 2 saturated heterocycles. The molecule has 668 valence electrons. The van der Waals surface area contributed by atoms with Crippen molar-refractivity contribution in [1.82, 2.24) is 53.4 Å². The fraction of sp³-hybridized carbons (Fsp3) is 0.386. The Morgan fingerprint density at radius 3 is 1.97 bits per heavy atom. The van der Waals surface area contributed by atoms with Gasteiger partial charge in [0, 0.05) is 53.5 Å². The number of phenols is 3. The normalized spacial score (nSPS) is 26.0. The number of nitrogens with one attached hydrogen (secondary N) is 11. The van der Waals surface area contributed by atoms with Crippen LogP contribution in [0.1, 0.15) is 128 Å². The number of aromatic hydroxyl groups is 3. The Hall–Kier alpha value is -11.7. The van der Waals surface area contributed by atoms with Crippen LogP contribution in [0.2, 0.25) is 10.0 Å². The maximum atomic E-state index is 16.3. The molecule has 7 heterocycles. The molecule has 2 fully saturated rings. The number of hydrazine groups is 1. The first kappa shape index (κ1) is 92.4. The number of hydrogen-bond acceptors (Lipinski definition) is 28. The van der Waals surface area contributed by atoms with E-state index in [0.29, 0.717) is 5.56 Å². The molecule has 37 nitrogen and oxygen atoms in total. The molecule has 125 heavy (non-hydrogen) atoms. The first-order valence-corrected chi connectivity index (χ1v) is 40.0. The smallest absolute Gasteiger partial charge is 0.508 e. The monoisotopic (exact) mass is 1780 g/mol. The first-order chi connectivity index (χ1) is 59.2. The van der Waals surface area contributed by atoms with Gasteiger partial charge in [0.2, 0.25) is 53.4 Å². The van der Waals surface area contributed by atoms with E-state index < -0.39 is 260 Å². The summed E-state index contributed by atoms with van der Waals surface area (Å²) in [5.74, 6) is -16.6. The lowest BCUT2D eigenvalue weighted by molar-refractivity contribution is -0.334. The van der Waals surface area contributed by atoms with Crippen LogP contribution in [0.15, 0.2) is 127 Å². The van der Waals surface area contributed by atoms with Crippen LogP contribution >= 0.6 is 23.2 Å². The molecule has 7 aromatic rings. The zero-order valence-corrected chi connectivity index (χ0v) is 68.8. The van der Waals surface area contributed by atoms with E-state index in [1.165, 1.54) is 26.1 Å². The van der Waals surface area contributed by atoms with Crippen LogP contribution in [0, 0.1) is 5.92 Å². The maximum Gasteiger partial charge on any atom is 0.573 e. The number of nitrogens with two attached hydrogens (primary N) is 1. The summed E-state index contributed by atoms with van der Waals surface area (Å²) < 4.78 is 82.0. The molecule has 9 amide bonds. The number of likely N-dealkylation sites (N-methyl/N-ethyl adjacent to an activating group) is 1. The number of carbonyl (C=O) groups excluding carboxylic acids is 9. The molecule has 0 unspecified atom stereocenters. The van der Waals surface area contributed by atoms with Gasteiger partial charge < -0.3 is 133 Å². The van der Waals surface area contributed by atoms with Crippen molar-refractivity contribution >= 4 is 82.1 Å². The summed E-state index contributed by atoms with van der Waals surface area (Å²) in [6.07, 6.45) is -24.6. The van der Waals surface area contributed by atoms with Gasteiger partial charge in [-0.2, -0.15) is 0 Å². The van der Waals surface area contributed by atoms with E-state index in [0.717, 1.165) is 91.0 Å². The molecular weight excluding hydrogens is 1690 g/mol. The fourth-order valence-electron chi connectivity index (χ4n) is 15.0. The zero-order valence-electron chi connectivity index (χ0n) is 67.3. The predicted octanol–water partition coefficient (Wildman–Crippen LogP) is 3.64. The first-order valence-electron chi connectivity index (χ1n) is 39.2. The molecule has 11 bridgehead atoms. The van der Waals surface area contributed by atoms with E-state index in [-0.39, 0.29) is 65.5 Å². The van der Waals surface area contributed by atoms with Crippen molar-refractivity contribution in [2.45, 2.75) is 176 Å². The predicted molar refractivity (Wildman–Crippen MR) is 434 cm³/mol. The lowest BCUT2D eigenvalue weighted by Crippen LogP contribution is -2.65. The minimum absolute atomic E-state index is 0.00857. The van der Waals surface area contributed by atoms with Gasteiger partial charge in [0.15, 0.2) is 23.9 Å². The van der Waals surface area contributed by atoms with E-state index in [1.54, 1.807) is 38.1 Å². The number of phenolic OH excluding ortho intramolecular Hbond substituents is 3. The number of anilines is 1. The molecule has 14 rings (SSSR count). The number of aliphatic hydroxyl groups excluding tert-OH is 6. The number of aliphatic hydroxyl groups is 6. The van der Waals surface area contributed by atoms with Crippen molar-refractivity contribution in [3.63, 3.8) is 0 Å². The van der Waals surface area contributed by atoms with Crippen LogP contribution in [-0.4, -0.2) is 205 Å². The topological polar surface area (TPSA) is 559 Å². The van der Waals surface area contributed by atoms with Crippen LogP contribution in [0.5, 0.6) is 51.7 Å². The molecule has 42 heteroatoms. The number of alkyl halides is 3. The summed E-state index contributed by atoms with van der Waals surface area (Å²) in [5, 5.41) is 130. The SMILES string of the molecule is CCNNC(=O)[C@@H]1NC(=O)[C@H]2NC(=O)[C@H](NC(=O)[C@@H]3NC(=O)[C@H](CC(N)=O)NC(=O)[C@H](NC(=O)[C@@H](CC(C)C)NC)[C@H](O)c4ccc(c(Cl)c4)Oc4cc3cc(c4O[C@@H]3O[C@H](CO)[C@@H](O)[C@H](O)[C@H]3O[C@H]3C[C@](C)(NCc4cccc(NC(=O)c5ccc(OC(F)(F)F)cc5)c4)[C@H](O)[C@H](C)O3)Oc3ccc(cc3Cl)[C@H]2O)c2ccc(O)c(c2)-c2c(O)cc(O)cc21. The van der Waals surface area contributed by atoms with Crippen LogP contribution in [0.3, 0.4) is 0 Å². The summed E-state index contributed by atoms with van der Waals surface area (Å²) in [5.41, 5.74) is 7.56. The number of rotatable bonds is 21. The molecular formula is C83H91Cl2F3N12O25. The van der Waals surface area contributed by atoms with Crippen LogP contribution in [-0.2, 0) is 59.1 Å². The number of benzene rings is 7. The van der Waals surface area contributed by atoms with Gasteiger partial charge in [-0.25, -0.2) is 5.43 Å². The van der Waals surface area contributed by atoms with Crippen molar-refractivity contribution in [2.24, 2.45) is 11.7 Å². The van der Waals surface area contributed by atoms with E-state index >= 15 is 24.0 Å². The minimum Gasteiger partial charge on any atom is -0.508 e. The highest BCUT2D eigenvalue weighted by molar-refractivity contribution is 6.32. The average Bonchev–Trinajstić information content (AvgIpc) is 0.761. The summed E-state index contributed by atoms with van der Waals surface area (Å²) in [6.45, 7) is 7.34. The largest absolute Gasteiger partial charge is 0.573 e. The molecule has 0 aliphatic carbocycles. The van der Waals surface area contributed by atoms with E-state index in [1.807, 2.05) is 13.8 Å². The number of hydrogen-bond donors (Lipinski definition) is 21. The number of halogens is 5. The van der Waals surface area contributed by atoms with Crippen molar-refractivity contribution in [2.75, 3.05) is 25.5 Å². The Morgan fingerprint density at radius 2 is 1.34 bits per heavy atom. The second-order valence-corrected chi connectivity index (χ2v) is 31.7. The van der Waals surface area contributed by atoms with Gasteiger partial charge in [-0.3, -0.25) is 48.6 Å².